The minimum atomic E-state index is 0.126. The highest BCUT2D eigenvalue weighted by molar-refractivity contribution is 5.96. The fraction of sp³-hybridized carbons (Fsp3) is 0.278. The second-order valence-electron chi connectivity index (χ2n) is 5.34. The van der Waals surface area contributed by atoms with E-state index in [1.807, 2.05) is 19.1 Å². The molecule has 19 heavy (non-hydrogen) atoms. The molecule has 0 aliphatic heterocycles. The van der Waals surface area contributed by atoms with Crippen molar-refractivity contribution >= 4 is 5.78 Å². The first-order chi connectivity index (χ1) is 8.90. The van der Waals surface area contributed by atoms with Gasteiger partial charge in [0.1, 0.15) is 0 Å². The van der Waals surface area contributed by atoms with E-state index in [0.717, 1.165) is 11.1 Å². The van der Waals surface area contributed by atoms with Crippen LogP contribution in [0, 0.1) is 27.7 Å². The SMILES string of the molecule is CC(=O)c1ccc(-c2cc(C)c(C)cc2C)cc1C. The predicted molar refractivity (Wildman–Crippen MR) is 80.8 cm³/mol. The Morgan fingerprint density at radius 2 is 1.42 bits per heavy atom. The van der Waals surface area contributed by atoms with Gasteiger partial charge in [-0.25, -0.2) is 0 Å². The average molecular weight is 252 g/mol. The number of rotatable bonds is 2. The molecule has 0 aromatic heterocycles. The minimum Gasteiger partial charge on any atom is -0.295 e. The zero-order valence-corrected chi connectivity index (χ0v) is 12.3. The van der Waals surface area contributed by atoms with Crippen molar-refractivity contribution in [2.75, 3.05) is 0 Å². The fourth-order valence-electron chi connectivity index (χ4n) is 2.50. The van der Waals surface area contributed by atoms with Crippen molar-refractivity contribution in [3.05, 3.63) is 58.1 Å². The molecule has 0 saturated carbocycles. The second-order valence-corrected chi connectivity index (χ2v) is 5.34. The Kier molecular flexibility index (Phi) is 3.57. The van der Waals surface area contributed by atoms with Crippen LogP contribution in [0.4, 0.5) is 0 Å². The van der Waals surface area contributed by atoms with Crippen molar-refractivity contribution in [3.63, 3.8) is 0 Å². The van der Waals surface area contributed by atoms with E-state index in [2.05, 4.69) is 39.0 Å². The molecular formula is C18H20O. The van der Waals surface area contributed by atoms with Crippen LogP contribution in [0.2, 0.25) is 0 Å². The number of ketones is 1. The van der Waals surface area contributed by atoms with Gasteiger partial charge in [-0.15, -0.1) is 0 Å². The molecule has 2 rings (SSSR count). The summed E-state index contributed by atoms with van der Waals surface area (Å²) in [6, 6.07) is 10.5. The van der Waals surface area contributed by atoms with Crippen LogP contribution in [-0.2, 0) is 0 Å². The third kappa shape index (κ3) is 2.60. The summed E-state index contributed by atoms with van der Waals surface area (Å²) in [6.45, 7) is 10.0. The zero-order valence-electron chi connectivity index (χ0n) is 12.3. The molecule has 0 aliphatic carbocycles. The van der Waals surface area contributed by atoms with Crippen molar-refractivity contribution in [2.45, 2.75) is 34.6 Å². The molecule has 0 fully saturated rings. The molecule has 98 valence electrons. The van der Waals surface area contributed by atoms with Gasteiger partial charge in [0.15, 0.2) is 5.78 Å². The largest absolute Gasteiger partial charge is 0.295 e. The van der Waals surface area contributed by atoms with Crippen LogP contribution >= 0.6 is 0 Å². The van der Waals surface area contributed by atoms with Crippen LogP contribution in [0.3, 0.4) is 0 Å². The molecule has 0 atom stereocenters. The summed E-state index contributed by atoms with van der Waals surface area (Å²) in [5.74, 6) is 0.126. The van der Waals surface area contributed by atoms with Crippen LogP contribution in [0.25, 0.3) is 11.1 Å². The lowest BCUT2D eigenvalue weighted by Gasteiger charge is -2.12. The molecule has 1 heteroatoms. The van der Waals surface area contributed by atoms with E-state index in [1.54, 1.807) is 6.92 Å². The van der Waals surface area contributed by atoms with Crippen LogP contribution in [0.15, 0.2) is 30.3 Å². The Morgan fingerprint density at radius 1 is 0.789 bits per heavy atom. The third-order valence-corrected chi connectivity index (χ3v) is 3.76. The lowest BCUT2D eigenvalue weighted by atomic mass is 9.93. The van der Waals surface area contributed by atoms with Crippen LogP contribution in [0.5, 0.6) is 0 Å². The number of hydrogen-bond acceptors (Lipinski definition) is 1. The maximum Gasteiger partial charge on any atom is 0.160 e. The van der Waals surface area contributed by atoms with Crippen molar-refractivity contribution in [1.82, 2.24) is 0 Å². The average Bonchev–Trinajstić information content (AvgIpc) is 2.33. The van der Waals surface area contributed by atoms with Crippen molar-refractivity contribution < 1.29 is 4.79 Å². The number of Topliss-reactive ketones (excluding diaryl/α,β-unsaturated/α-hetero) is 1. The standard InChI is InChI=1S/C18H20O/c1-11-8-13(3)18(10-12(11)2)16-6-7-17(15(5)19)14(4)9-16/h6-10H,1-5H3. The molecule has 0 spiro atoms. The highest BCUT2D eigenvalue weighted by atomic mass is 16.1. The predicted octanol–water partition coefficient (Wildman–Crippen LogP) is 4.79. The van der Waals surface area contributed by atoms with Gasteiger partial charge in [-0.2, -0.15) is 0 Å². The van der Waals surface area contributed by atoms with E-state index in [9.17, 15) is 4.79 Å². The Hall–Kier alpha value is -1.89. The van der Waals surface area contributed by atoms with Gasteiger partial charge in [-0.05, 0) is 68.0 Å². The molecule has 0 unspecified atom stereocenters. The summed E-state index contributed by atoms with van der Waals surface area (Å²) in [5, 5.41) is 0. The highest BCUT2D eigenvalue weighted by Gasteiger charge is 2.08. The topological polar surface area (TPSA) is 17.1 Å². The van der Waals surface area contributed by atoms with Crippen LogP contribution in [-0.4, -0.2) is 5.78 Å². The summed E-state index contributed by atoms with van der Waals surface area (Å²) in [7, 11) is 0. The van der Waals surface area contributed by atoms with Crippen molar-refractivity contribution in [1.29, 1.82) is 0 Å². The molecule has 1 nitrogen and oxygen atoms in total. The fourth-order valence-corrected chi connectivity index (χ4v) is 2.50. The van der Waals surface area contributed by atoms with Crippen LogP contribution in [0.1, 0.15) is 39.5 Å². The lowest BCUT2D eigenvalue weighted by Crippen LogP contribution is -1.97. The van der Waals surface area contributed by atoms with Crippen LogP contribution < -0.4 is 0 Å². The molecule has 2 aromatic carbocycles. The summed E-state index contributed by atoms with van der Waals surface area (Å²) >= 11 is 0. The first-order valence-electron chi connectivity index (χ1n) is 6.60. The summed E-state index contributed by atoms with van der Waals surface area (Å²) in [4.78, 5) is 11.5. The normalized spacial score (nSPS) is 10.6. The molecule has 0 aliphatic rings. The summed E-state index contributed by atoms with van der Waals surface area (Å²) in [5.41, 5.74) is 8.18. The summed E-state index contributed by atoms with van der Waals surface area (Å²) < 4.78 is 0. The van der Waals surface area contributed by atoms with E-state index in [-0.39, 0.29) is 5.78 Å². The number of aryl methyl sites for hydroxylation is 4. The van der Waals surface area contributed by atoms with Gasteiger partial charge in [0.2, 0.25) is 0 Å². The van der Waals surface area contributed by atoms with Crippen molar-refractivity contribution in [3.8, 4) is 11.1 Å². The Bertz CT molecular complexity index is 651. The number of benzene rings is 2. The third-order valence-electron chi connectivity index (χ3n) is 3.76. The molecule has 0 N–H and O–H groups in total. The first-order valence-corrected chi connectivity index (χ1v) is 6.60. The van der Waals surface area contributed by atoms with Gasteiger partial charge in [-0.3, -0.25) is 4.79 Å². The number of carbonyl (C=O) groups is 1. The molecule has 2 aromatic rings. The maximum atomic E-state index is 11.5. The monoisotopic (exact) mass is 252 g/mol. The number of carbonyl (C=O) groups excluding carboxylic acids is 1. The van der Waals surface area contributed by atoms with Gasteiger partial charge >= 0.3 is 0 Å². The molecule has 0 radical (unpaired) electrons. The van der Waals surface area contributed by atoms with E-state index in [0.29, 0.717) is 0 Å². The Morgan fingerprint density at radius 3 is 2.00 bits per heavy atom. The maximum absolute atomic E-state index is 11.5. The highest BCUT2D eigenvalue weighted by Crippen LogP contribution is 2.28. The second kappa shape index (κ2) is 5.00. The van der Waals surface area contributed by atoms with E-state index < -0.39 is 0 Å². The van der Waals surface area contributed by atoms with Gasteiger partial charge in [0.05, 0.1) is 0 Å². The molecule has 0 heterocycles. The molecule has 0 bridgehead atoms. The van der Waals surface area contributed by atoms with Crippen molar-refractivity contribution in [2.24, 2.45) is 0 Å². The Labute approximate surface area is 115 Å². The minimum absolute atomic E-state index is 0.126. The number of hydrogen-bond donors (Lipinski definition) is 0. The Balaban J connectivity index is 2.57. The molecule has 0 saturated heterocycles. The van der Waals surface area contributed by atoms with E-state index in [4.69, 9.17) is 0 Å². The van der Waals surface area contributed by atoms with Gasteiger partial charge in [-0.1, -0.05) is 30.3 Å². The smallest absolute Gasteiger partial charge is 0.160 e. The van der Waals surface area contributed by atoms with Gasteiger partial charge < -0.3 is 0 Å². The van der Waals surface area contributed by atoms with Gasteiger partial charge in [0.25, 0.3) is 0 Å². The van der Waals surface area contributed by atoms with E-state index >= 15 is 0 Å². The molecular weight excluding hydrogens is 232 g/mol. The zero-order chi connectivity index (χ0) is 14.2. The lowest BCUT2D eigenvalue weighted by molar-refractivity contribution is 0.101. The summed E-state index contributed by atoms with van der Waals surface area (Å²) in [6.07, 6.45) is 0. The quantitative estimate of drug-likeness (QED) is 0.702. The first kappa shape index (κ1) is 13.5. The molecule has 0 amide bonds. The van der Waals surface area contributed by atoms with Gasteiger partial charge in [0, 0.05) is 5.56 Å². The van der Waals surface area contributed by atoms with E-state index in [1.165, 1.54) is 27.8 Å².